The van der Waals surface area contributed by atoms with Gasteiger partial charge in [0, 0.05) is 16.3 Å². The molecule has 1 unspecified atom stereocenters. The molecule has 0 radical (unpaired) electrons. The largest absolute Gasteiger partial charge is 0.271 e. The summed E-state index contributed by atoms with van der Waals surface area (Å²) in [4.78, 5) is 0. The lowest BCUT2D eigenvalue weighted by atomic mass is 10.0. The Bertz CT molecular complexity index is 517. The van der Waals surface area contributed by atoms with Gasteiger partial charge in [0.05, 0.1) is 5.75 Å². The predicted octanol–water partition coefficient (Wildman–Crippen LogP) is 2.48. The molecule has 3 N–H and O–H groups in total. The number of hydrogen-bond donors (Lipinski definition) is 2. The summed E-state index contributed by atoms with van der Waals surface area (Å²) >= 11 is 3.52. The molecule has 0 aliphatic heterocycles. The number of hydrazine groups is 1. The van der Waals surface area contributed by atoms with Crippen LogP contribution in [0.4, 0.5) is 0 Å². The van der Waals surface area contributed by atoms with Crippen LogP contribution in [-0.2, 0) is 9.84 Å². The van der Waals surface area contributed by atoms with Crippen LogP contribution >= 0.6 is 15.9 Å². The molecule has 0 fully saturated rings. The van der Waals surface area contributed by atoms with E-state index in [0.29, 0.717) is 12.8 Å². The summed E-state index contributed by atoms with van der Waals surface area (Å²) in [6.45, 7) is 3.69. The van der Waals surface area contributed by atoms with E-state index in [1.807, 2.05) is 25.1 Å². The van der Waals surface area contributed by atoms with E-state index in [1.54, 1.807) is 6.92 Å². The molecular weight excluding hydrogens is 328 g/mol. The summed E-state index contributed by atoms with van der Waals surface area (Å²) in [5, 5.41) is 0. The number of halogens is 1. The Labute approximate surface area is 123 Å². The first kappa shape index (κ1) is 16.6. The van der Waals surface area contributed by atoms with Crippen molar-refractivity contribution in [3.05, 3.63) is 33.8 Å². The molecule has 1 aromatic rings. The lowest BCUT2D eigenvalue weighted by Gasteiger charge is -2.18. The van der Waals surface area contributed by atoms with Gasteiger partial charge in [-0.15, -0.1) is 0 Å². The highest BCUT2D eigenvalue weighted by Crippen LogP contribution is 2.27. The second kappa shape index (κ2) is 7.38. The Hall–Kier alpha value is -0.430. The fraction of sp³-hybridized carbons (Fsp3) is 0.538. The molecule has 0 aromatic heterocycles. The van der Waals surface area contributed by atoms with Crippen LogP contribution in [-0.4, -0.2) is 19.9 Å². The van der Waals surface area contributed by atoms with Gasteiger partial charge < -0.3 is 0 Å². The minimum Gasteiger partial charge on any atom is -0.271 e. The lowest BCUT2D eigenvalue weighted by Crippen LogP contribution is -2.28. The molecule has 1 rings (SSSR count). The minimum absolute atomic E-state index is 0.0398. The molecule has 0 spiro atoms. The van der Waals surface area contributed by atoms with Gasteiger partial charge >= 0.3 is 0 Å². The van der Waals surface area contributed by atoms with Crippen LogP contribution in [0.1, 0.15) is 36.9 Å². The minimum atomic E-state index is -2.90. The Morgan fingerprint density at radius 2 is 2.11 bits per heavy atom. The normalized spacial score (nSPS) is 13.5. The quantitative estimate of drug-likeness (QED) is 0.586. The van der Waals surface area contributed by atoms with Gasteiger partial charge in [-0.3, -0.25) is 11.3 Å². The maximum absolute atomic E-state index is 11.5. The third kappa shape index (κ3) is 5.22. The summed E-state index contributed by atoms with van der Waals surface area (Å²) in [5.41, 5.74) is 4.98. The van der Waals surface area contributed by atoms with Crippen molar-refractivity contribution in [3.8, 4) is 0 Å². The van der Waals surface area contributed by atoms with Crippen molar-refractivity contribution in [1.82, 2.24) is 5.43 Å². The van der Waals surface area contributed by atoms with Gasteiger partial charge in [0.25, 0.3) is 0 Å². The lowest BCUT2D eigenvalue weighted by molar-refractivity contribution is 0.505. The summed E-state index contributed by atoms with van der Waals surface area (Å²) in [6.07, 6.45) is 1.29. The van der Waals surface area contributed by atoms with Crippen LogP contribution in [0.25, 0.3) is 0 Å². The first-order valence-corrected chi connectivity index (χ1v) is 8.93. The highest BCUT2D eigenvalue weighted by molar-refractivity contribution is 9.10. The van der Waals surface area contributed by atoms with Crippen molar-refractivity contribution in [3.63, 3.8) is 0 Å². The second-order valence-corrected chi connectivity index (χ2v) is 7.95. The fourth-order valence-corrected chi connectivity index (χ4v) is 3.56. The zero-order valence-electron chi connectivity index (χ0n) is 11.3. The van der Waals surface area contributed by atoms with Crippen molar-refractivity contribution in [2.75, 3.05) is 11.5 Å². The fourth-order valence-electron chi connectivity index (χ4n) is 1.90. The van der Waals surface area contributed by atoms with E-state index < -0.39 is 9.84 Å². The van der Waals surface area contributed by atoms with Gasteiger partial charge in [-0.05, 0) is 37.0 Å². The first-order chi connectivity index (χ1) is 8.89. The standard InChI is InChI=1S/C13H21BrN2O2S/c1-3-19(17,18)8-4-5-13(16-15)11-7-6-10(2)9-12(11)14/h6-7,9,13,16H,3-5,8,15H2,1-2H3. The SMILES string of the molecule is CCS(=O)(=O)CCCC(NN)c1ccc(C)cc1Br. The van der Waals surface area contributed by atoms with E-state index in [1.165, 1.54) is 5.56 Å². The van der Waals surface area contributed by atoms with Crippen molar-refractivity contribution in [2.45, 2.75) is 32.7 Å². The van der Waals surface area contributed by atoms with Crippen LogP contribution in [0.2, 0.25) is 0 Å². The summed E-state index contributed by atoms with van der Waals surface area (Å²) < 4.78 is 23.9. The maximum atomic E-state index is 11.5. The molecule has 1 aromatic carbocycles. The number of hydrogen-bond acceptors (Lipinski definition) is 4. The number of nitrogens with two attached hydrogens (primary N) is 1. The number of benzene rings is 1. The molecule has 0 heterocycles. The summed E-state index contributed by atoms with van der Waals surface area (Å²) in [5.74, 6) is 5.98. The Kier molecular flexibility index (Phi) is 6.46. The van der Waals surface area contributed by atoms with E-state index in [2.05, 4.69) is 21.4 Å². The average molecular weight is 349 g/mol. The molecule has 0 amide bonds. The Balaban J connectivity index is 2.68. The number of aryl methyl sites for hydroxylation is 1. The van der Waals surface area contributed by atoms with E-state index >= 15 is 0 Å². The van der Waals surface area contributed by atoms with Crippen LogP contribution in [0.5, 0.6) is 0 Å². The smallest absolute Gasteiger partial charge is 0.150 e. The molecule has 0 aliphatic carbocycles. The van der Waals surface area contributed by atoms with Crippen LogP contribution in [0.15, 0.2) is 22.7 Å². The molecule has 108 valence electrons. The highest BCUT2D eigenvalue weighted by Gasteiger charge is 2.15. The maximum Gasteiger partial charge on any atom is 0.150 e. The van der Waals surface area contributed by atoms with Crippen LogP contribution in [0.3, 0.4) is 0 Å². The van der Waals surface area contributed by atoms with Crippen molar-refractivity contribution >= 4 is 25.8 Å². The van der Waals surface area contributed by atoms with E-state index in [-0.39, 0.29) is 17.5 Å². The van der Waals surface area contributed by atoms with Gasteiger partial charge in [-0.1, -0.05) is 35.0 Å². The zero-order valence-corrected chi connectivity index (χ0v) is 13.7. The summed E-state index contributed by atoms with van der Waals surface area (Å²) in [7, 11) is -2.90. The average Bonchev–Trinajstić information content (AvgIpc) is 2.36. The van der Waals surface area contributed by atoms with Crippen molar-refractivity contribution in [1.29, 1.82) is 0 Å². The van der Waals surface area contributed by atoms with E-state index in [9.17, 15) is 8.42 Å². The second-order valence-electron chi connectivity index (χ2n) is 4.62. The van der Waals surface area contributed by atoms with Gasteiger partial charge in [0.15, 0.2) is 0 Å². The molecule has 4 nitrogen and oxygen atoms in total. The van der Waals surface area contributed by atoms with E-state index in [0.717, 1.165) is 10.0 Å². The zero-order chi connectivity index (χ0) is 14.5. The third-order valence-corrected chi connectivity index (χ3v) is 5.60. The van der Waals surface area contributed by atoms with Crippen molar-refractivity contribution in [2.24, 2.45) is 5.84 Å². The molecule has 19 heavy (non-hydrogen) atoms. The van der Waals surface area contributed by atoms with Gasteiger partial charge in [-0.2, -0.15) is 0 Å². The highest BCUT2D eigenvalue weighted by atomic mass is 79.9. The first-order valence-electron chi connectivity index (χ1n) is 6.32. The van der Waals surface area contributed by atoms with Crippen LogP contribution < -0.4 is 11.3 Å². The summed E-state index contributed by atoms with van der Waals surface area (Å²) in [6, 6.07) is 6.02. The molecule has 0 saturated heterocycles. The number of rotatable bonds is 7. The van der Waals surface area contributed by atoms with Crippen molar-refractivity contribution < 1.29 is 8.42 Å². The molecule has 6 heteroatoms. The third-order valence-electron chi connectivity index (χ3n) is 3.12. The molecule has 0 saturated carbocycles. The van der Waals surface area contributed by atoms with Gasteiger partial charge in [0.2, 0.25) is 0 Å². The Morgan fingerprint density at radius 3 is 2.63 bits per heavy atom. The van der Waals surface area contributed by atoms with Crippen LogP contribution in [0, 0.1) is 6.92 Å². The molecule has 1 atom stereocenters. The Morgan fingerprint density at radius 1 is 1.42 bits per heavy atom. The topological polar surface area (TPSA) is 72.2 Å². The number of nitrogens with one attached hydrogen (secondary N) is 1. The monoisotopic (exact) mass is 348 g/mol. The van der Waals surface area contributed by atoms with E-state index in [4.69, 9.17) is 5.84 Å². The molecule has 0 bridgehead atoms. The molecular formula is C13H21BrN2O2S. The molecule has 0 aliphatic rings. The predicted molar refractivity (Wildman–Crippen MR) is 82.5 cm³/mol. The number of sulfone groups is 1. The van der Waals surface area contributed by atoms with Gasteiger partial charge in [-0.25, -0.2) is 8.42 Å². The van der Waals surface area contributed by atoms with Gasteiger partial charge in [0.1, 0.15) is 9.84 Å².